The van der Waals surface area contributed by atoms with E-state index in [4.69, 9.17) is 0 Å². The van der Waals surface area contributed by atoms with E-state index in [1.54, 1.807) is 18.2 Å². The van der Waals surface area contributed by atoms with Gasteiger partial charge in [0.15, 0.2) is 0 Å². The molecule has 0 unspecified atom stereocenters. The molecule has 0 bridgehead atoms. The maximum atomic E-state index is 12.1. The van der Waals surface area contributed by atoms with Gasteiger partial charge in [-0.1, -0.05) is 12.1 Å². The van der Waals surface area contributed by atoms with Gasteiger partial charge in [0.1, 0.15) is 0 Å². The van der Waals surface area contributed by atoms with Gasteiger partial charge >= 0.3 is 12.1 Å². The zero-order valence-electron chi connectivity index (χ0n) is 10.1. The number of alkyl halides is 3. The smallest absolute Gasteiger partial charge is 0.390 e. The van der Waals surface area contributed by atoms with Crippen molar-refractivity contribution in [2.24, 2.45) is 0 Å². The molecule has 0 N–H and O–H groups in total. The molecule has 3 nitrogen and oxygen atoms in total. The number of hydrogen-bond acceptors (Lipinski definition) is 3. The lowest BCUT2D eigenvalue weighted by Gasteiger charge is -2.22. The second-order valence-electron chi connectivity index (χ2n) is 3.80. The molecule has 0 aliphatic carbocycles. The zero-order valence-corrected chi connectivity index (χ0v) is 10.1. The molecule has 100 valence electrons. The number of methoxy groups -OCH3 is 1. The molecule has 6 heteroatoms. The summed E-state index contributed by atoms with van der Waals surface area (Å²) in [5, 5.41) is 0. The number of carbonyl (C=O) groups excluding carboxylic acids is 1. The third-order valence-electron chi connectivity index (χ3n) is 2.45. The highest BCUT2D eigenvalue weighted by molar-refractivity contribution is 5.95. The largest absolute Gasteiger partial charge is 0.465 e. The van der Waals surface area contributed by atoms with Gasteiger partial charge in [0.2, 0.25) is 0 Å². The molecular formula is C12H14F3NO2. The van der Waals surface area contributed by atoms with Crippen molar-refractivity contribution in [3.05, 3.63) is 29.8 Å². The van der Waals surface area contributed by atoms with Crippen molar-refractivity contribution < 1.29 is 22.7 Å². The van der Waals surface area contributed by atoms with Crippen LogP contribution in [0.25, 0.3) is 0 Å². The molecule has 0 radical (unpaired) electrons. The number of hydrogen-bond donors (Lipinski definition) is 0. The normalized spacial score (nSPS) is 11.2. The topological polar surface area (TPSA) is 29.5 Å². The Kier molecular flexibility index (Phi) is 4.58. The number of ether oxygens (including phenoxy) is 1. The first-order valence-corrected chi connectivity index (χ1v) is 5.30. The minimum atomic E-state index is -4.21. The number of halogens is 3. The monoisotopic (exact) mass is 261 g/mol. The standard InChI is InChI=1S/C12H14F3NO2/c1-16(8-7-12(13,14)15)10-6-4-3-5-9(10)11(17)18-2/h3-6H,7-8H2,1-2H3. The highest BCUT2D eigenvalue weighted by Gasteiger charge is 2.27. The lowest BCUT2D eigenvalue weighted by molar-refractivity contribution is -0.132. The van der Waals surface area contributed by atoms with Gasteiger partial charge in [0.05, 0.1) is 24.8 Å². The molecule has 0 saturated carbocycles. The van der Waals surface area contributed by atoms with Crippen LogP contribution in [0.1, 0.15) is 16.8 Å². The predicted octanol–water partition coefficient (Wildman–Crippen LogP) is 2.86. The van der Waals surface area contributed by atoms with Crippen LogP contribution in [0, 0.1) is 0 Å². The Morgan fingerprint density at radius 2 is 1.94 bits per heavy atom. The van der Waals surface area contributed by atoms with E-state index < -0.39 is 18.6 Å². The summed E-state index contributed by atoms with van der Waals surface area (Å²) in [6.45, 7) is -0.211. The molecule has 0 saturated heterocycles. The quantitative estimate of drug-likeness (QED) is 0.780. The Hall–Kier alpha value is -1.72. The molecule has 1 aromatic rings. The maximum Gasteiger partial charge on any atom is 0.390 e. The fraction of sp³-hybridized carbons (Fsp3) is 0.417. The second kappa shape index (κ2) is 5.75. The van der Waals surface area contributed by atoms with Crippen LogP contribution >= 0.6 is 0 Å². The van der Waals surface area contributed by atoms with Crippen LogP contribution in [-0.4, -0.2) is 32.8 Å². The van der Waals surface area contributed by atoms with Crippen molar-refractivity contribution in [2.45, 2.75) is 12.6 Å². The summed E-state index contributed by atoms with van der Waals surface area (Å²) in [7, 11) is 2.74. The van der Waals surface area contributed by atoms with Crippen LogP contribution in [0.4, 0.5) is 18.9 Å². The summed E-state index contributed by atoms with van der Waals surface area (Å²) < 4.78 is 41.0. The van der Waals surface area contributed by atoms with Gasteiger partial charge < -0.3 is 9.64 Å². The molecule has 0 aliphatic rings. The van der Waals surface area contributed by atoms with Gasteiger partial charge in [0, 0.05) is 13.6 Å². The average Bonchev–Trinajstić information content (AvgIpc) is 2.34. The molecule has 0 heterocycles. The summed E-state index contributed by atoms with van der Waals surface area (Å²) in [6.07, 6.45) is -5.15. The van der Waals surface area contributed by atoms with E-state index in [1.165, 1.54) is 25.1 Å². The third-order valence-corrected chi connectivity index (χ3v) is 2.45. The van der Waals surface area contributed by atoms with Gasteiger partial charge in [-0.15, -0.1) is 0 Å². The molecule has 0 spiro atoms. The molecular weight excluding hydrogens is 247 g/mol. The third kappa shape index (κ3) is 3.94. The highest BCUT2D eigenvalue weighted by atomic mass is 19.4. The van der Waals surface area contributed by atoms with Crippen molar-refractivity contribution in [3.8, 4) is 0 Å². The average molecular weight is 261 g/mol. The summed E-state index contributed by atoms with van der Waals surface area (Å²) in [5.74, 6) is -0.565. The van der Waals surface area contributed by atoms with Gasteiger partial charge in [-0.05, 0) is 12.1 Å². The van der Waals surface area contributed by atoms with Gasteiger partial charge in [-0.2, -0.15) is 13.2 Å². The number of esters is 1. The fourth-order valence-corrected chi connectivity index (χ4v) is 1.50. The molecule has 1 aromatic carbocycles. The zero-order chi connectivity index (χ0) is 13.8. The van der Waals surface area contributed by atoms with Crippen molar-refractivity contribution in [2.75, 3.05) is 25.6 Å². The Labute approximate surface area is 103 Å². The Balaban J connectivity index is 2.85. The van der Waals surface area contributed by atoms with Gasteiger partial charge in [-0.3, -0.25) is 0 Å². The first-order valence-electron chi connectivity index (χ1n) is 5.30. The van der Waals surface area contributed by atoms with Crippen molar-refractivity contribution in [1.29, 1.82) is 0 Å². The summed E-state index contributed by atoms with van der Waals surface area (Å²) in [5.41, 5.74) is 0.679. The highest BCUT2D eigenvalue weighted by Crippen LogP contribution is 2.24. The number of carbonyl (C=O) groups is 1. The fourth-order valence-electron chi connectivity index (χ4n) is 1.50. The van der Waals surface area contributed by atoms with E-state index in [2.05, 4.69) is 4.74 Å². The number of rotatable bonds is 4. The van der Waals surface area contributed by atoms with Crippen molar-refractivity contribution >= 4 is 11.7 Å². The number of benzene rings is 1. The van der Waals surface area contributed by atoms with Crippen LogP contribution < -0.4 is 4.90 Å². The minimum Gasteiger partial charge on any atom is -0.465 e. The van der Waals surface area contributed by atoms with Gasteiger partial charge in [-0.25, -0.2) is 4.79 Å². The molecule has 18 heavy (non-hydrogen) atoms. The van der Waals surface area contributed by atoms with Crippen molar-refractivity contribution in [3.63, 3.8) is 0 Å². The van der Waals surface area contributed by atoms with Gasteiger partial charge in [0.25, 0.3) is 0 Å². The minimum absolute atomic E-state index is 0.211. The van der Waals surface area contributed by atoms with E-state index in [-0.39, 0.29) is 12.1 Å². The molecule has 0 aromatic heterocycles. The molecule has 0 atom stereocenters. The Bertz CT molecular complexity index is 418. The van der Waals surface area contributed by atoms with Crippen LogP contribution in [0.15, 0.2) is 24.3 Å². The number of nitrogens with zero attached hydrogens (tertiary/aromatic N) is 1. The molecule has 1 rings (SSSR count). The summed E-state index contributed by atoms with van der Waals surface area (Å²) in [6, 6.07) is 6.40. The summed E-state index contributed by atoms with van der Waals surface area (Å²) >= 11 is 0. The second-order valence-corrected chi connectivity index (χ2v) is 3.80. The lowest BCUT2D eigenvalue weighted by Crippen LogP contribution is -2.25. The Morgan fingerprint density at radius 1 is 1.33 bits per heavy atom. The molecule has 0 aliphatic heterocycles. The first-order chi connectivity index (χ1) is 8.35. The van der Waals surface area contributed by atoms with Crippen LogP contribution in [0.5, 0.6) is 0 Å². The predicted molar refractivity (Wildman–Crippen MR) is 61.7 cm³/mol. The lowest BCUT2D eigenvalue weighted by atomic mass is 10.1. The Morgan fingerprint density at radius 3 is 2.50 bits per heavy atom. The van der Waals surface area contributed by atoms with Crippen LogP contribution in [-0.2, 0) is 4.74 Å². The molecule has 0 fully saturated rings. The van der Waals surface area contributed by atoms with E-state index in [0.717, 1.165) is 0 Å². The van der Waals surface area contributed by atoms with Crippen LogP contribution in [0.2, 0.25) is 0 Å². The summed E-state index contributed by atoms with van der Waals surface area (Å²) in [4.78, 5) is 12.9. The number of para-hydroxylation sites is 1. The van der Waals surface area contributed by atoms with E-state index >= 15 is 0 Å². The SMILES string of the molecule is COC(=O)c1ccccc1N(C)CCC(F)(F)F. The first kappa shape index (κ1) is 14.3. The van der Waals surface area contributed by atoms with E-state index in [9.17, 15) is 18.0 Å². The van der Waals surface area contributed by atoms with Crippen molar-refractivity contribution in [1.82, 2.24) is 0 Å². The van der Waals surface area contributed by atoms with E-state index in [1.807, 2.05) is 0 Å². The van der Waals surface area contributed by atoms with Crippen LogP contribution in [0.3, 0.4) is 0 Å². The molecule has 0 amide bonds. The van der Waals surface area contributed by atoms with E-state index in [0.29, 0.717) is 5.69 Å². The maximum absolute atomic E-state index is 12.1. The number of anilines is 1.